The molecule has 1 aliphatic heterocycles. The van der Waals surface area contributed by atoms with Crippen LogP contribution >= 0.6 is 0 Å². The number of nitrogens with zero attached hydrogens (tertiary/aromatic N) is 4. The summed E-state index contributed by atoms with van der Waals surface area (Å²) in [6.07, 6.45) is 5.43. The van der Waals surface area contributed by atoms with E-state index in [2.05, 4.69) is 15.1 Å². The predicted octanol–water partition coefficient (Wildman–Crippen LogP) is 3.06. The Balaban J connectivity index is 1.50. The Morgan fingerprint density at radius 3 is 3.11 bits per heavy atom. The standard InChI is InChI=1S/C20H22N4O3/c1-13-9-17(18-14(2)23-27-19(18)22-13)20(25)24-8-4-6-16(11-24)26-12-15-5-3-7-21-10-15/h3,5,7,9-10,16H,4,6,8,11-12H2,1-2H3/t16-/m0/s1. The van der Waals surface area contributed by atoms with Crippen LogP contribution < -0.4 is 0 Å². The number of likely N-dealkylation sites (tertiary alicyclic amines) is 1. The highest BCUT2D eigenvalue weighted by Gasteiger charge is 2.27. The molecule has 0 N–H and O–H groups in total. The van der Waals surface area contributed by atoms with Crippen LogP contribution in [0, 0.1) is 13.8 Å². The van der Waals surface area contributed by atoms with Crippen LogP contribution in [0.3, 0.4) is 0 Å². The van der Waals surface area contributed by atoms with Gasteiger partial charge in [0.15, 0.2) is 0 Å². The van der Waals surface area contributed by atoms with Crippen LogP contribution in [0.5, 0.6) is 0 Å². The van der Waals surface area contributed by atoms with Crippen molar-refractivity contribution < 1.29 is 14.1 Å². The molecule has 0 radical (unpaired) electrons. The molecule has 1 atom stereocenters. The van der Waals surface area contributed by atoms with E-state index in [4.69, 9.17) is 9.26 Å². The Labute approximate surface area is 157 Å². The first-order valence-electron chi connectivity index (χ1n) is 9.15. The molecule has 1 amide bonds. The molecule has 1 saturated heterocycles. The summed E-state index contributed by atoms with van der Waals surface area (Å²) in [5, 5.41) is 4.66. The Morgan fingerprint density at radius 2 is 2.30 bits per heavy atom. The van der Waals surface area contributed by atoms with E-state index < -0.39 is 0 Å². The van der Waals surface area contributed by atoms with Crippen molar-refractivity contribution in [2.45, 2.75) is 39.4 Å². The van der Waals surface area contributed by atoms with Gasteiger partial charge in [0.2, 0.25) is 0 Å². The molecule has 7 nitrogen and oxygen atoms in total. The SMILES string of the molecule is Cc1cc(C(=O)N2CCC[C@H](OCc3cccnc3)C2)c2c(C)noc2n1. The number of ether oxygens (including phenoxy) is 1. The Morgan fingerprint density at radius 1 is 1.41 bits per heavy atom. The molecule has 27 heavy (non-hydrogen) atoms. The van der Waals surface area contributed by atoms with Gasteiger partial charge in [-0.1, -0.05) is 11.2 Å². The van der Waals surface area contributed by atoms with Crippen molar-refractivity contribution in [3.8, 4) is 0 Å². The summed E-state index contributed by atoms with van der Waals surface area (Å²) in [6, 6.07) is 5.70. The number of hydrogen-bond acceptors (Lipinski definition) is 6. The fourth-order valence-electron chi connectivity index (χ4n) is 3.51. The second kappa shape index (κ2) is 7.44. The van der Waals surface area contributed by atoms with E-state index in [-0.39, 0.29) is 12.0 Å². The normalized spacial score (nSPS) is 17.4. The molecule has 4 heterocycles. The number of fused-ring (bicyclic) bond motifs is 1. The third-order valence-electron chi connectivity index (χ3n) is 4.85. The van der Waals surface area contributed by atoms with Crippen molar-refractivity contribution in [2.75, 3.05) is 13.1 Å². The zero-order chi connectivity index (χ0) is 18.8. The number of carbonyl (C=O) groups excluding carboxylic acids is 1. The van der Waals surface area contributed by atoms with E-state index in [1.54, 1.807) is 12.4 Å². The monoisotopic (exact) mass is 366 g/mol. The predicted molar refractivity (Wildman–Crippen MR) is 99.2 cm³/mol. The molecule has 0 bridgehead atoms. The number of rotatable bonds is 4. The highest BCUT2D eigenvalue weighted by Crippen LogP contribution is 2.25. The van der Waals surface area contributed by atoms with Gasteiger partial charge in [0.05, 0.1) is 29.4 Å². The molecular weight excluding hydrogens is 344 g/mol. The van der Waals surface area contributed by atoms with Crippen LogP contribution in [0.2, 0.25) is 0 Å². The number of aryl methyl sites for hydroxylation is 2. The van der Waals surface area contributed by atoms with Crippen molar-refractivity contribution in [2.24, 2.45) is 0 Å². The summed E-state index contributed by atoms with van der Waals surface area (Å²) < 4.78 is 11.3. The van der Waals surface area contributed by atoms with Gasteiger partial charge in [0.25, 0.3) is 11.6 Å². The molecule has 7 heteroatoms. The van der Waals surface area contributed by atoms with Gasteiger partial charge in [-0.3, -0.25) is 9.78 Å². The molecule has 140 valence electrons. The van der Waals surface area contributed by atoms with Crippen molar-refractivity contribution in [1.82, 2.24) is 20.0 Å². The van der Waals surface area contributed by atoms with Crippen molar-refractivity contribution in [1.29, 1.82) is 0 Å². The number of piperidine rings is 1. The van der Waals surface area contributed by atoms with Crippen LogP contribution in [-0.4, -0.2) is 45.1 Å². The van der Waals surface area contributed by atoms with Gasteiger partial charge in [0.1, 0.15) is 0 Å². The van der Waals surface area contributed by atoms with Gasteiger partial charge in [0, 0.05) is 31.2 Å². The van der Waals surface area contributed by atoms with E-state index in [1.165, 1.54) is 0 Å². The minimum Gasteiger partial charge on any atom is -0.372 e. The van der Waals surface area contributed by atoms with Gasteiger partial charge >= 0.3 is 0 Å². The van der Waals surface area contributed by atoms with Gasteiger partial charge in [-0.15, -0.1) is 0 Å². The molecule has 3 aromatic heterocycles. The third-order valence-corrected chi connectivity index (χ3v) is 4.85. The van der Waals surface area contributed by atoms with E-state index >= 15 is 0 Å². The third kappa shape index (κ3) is 3.68. The van der Waals surface area contributed by atoms with Crippen LogP contribution in [0.1, 0.15) is 40.2 Å². The van der Waals surface area contributed by atoms with Gasteiger partial charge in [-0.25, -0.2) is 4.98 Å². The number of pyridine rings is 2. The minimum absolute atomic E-state index is 0.0184. The average molecular weight is 366 g/mol. The first-order chi connectivity index (χ1) is 13.1. The van der Waals surface area contributed by atoms with E-state index in [0.717, 1.165) is 30.6 Å². The highest BCUT2D eigenvalue weighted by atomic mass is 16.5. The van der Waals surface area contributed by atoms with E-state index in [1.807, 2.05) is 36.9 Å². The summed E-state index contributed by atoms with van der Waals surface area (Å²) >= 11 is 0. The maximum atomic E-state index is 13.2. The van der Waals surface area contributed by atoms with Crippen LogP contribution in [0.25, 0.3) is 11.1 Å². The molecule has 1 aliphatic rings. The quantitative estimate of drug-likeness (QED) is 0.706. The summed E-state index contributed by atoms with van der Waals surface area (Å²) in [5.41, 5.74) is 3.47. The minimum atomic E-state index is -0.0218. The maximum Gasteiger partial charge on any atom is 0.258 e. The molecule has 0 unspecified atom stereocenters. The van der Waals surface area contributed by atoms with Crippen LogP contribution in [0.15, 0.2) is 35.1 Å². The summed E-state index contributed by atoms with van der Waals surface area (Å²) in [7, 11) is 0. The lowest BCUT2D eigenvalue weighted by Gasteiger charge is -2.33. The highest BCUT2D eigenvalue weighted by molar-refractivity contribution is 6.06. The van der Waals surface area contributed by atoms with E-state index in [0.29, 0.717) is 35.5 Å². The van der Waals surface area contributed by atoms with Crippen molar-refractivity contribution >= 4 is 17.0 Å². The first-order valence-corrected chi connectivity index (χ1v) is 9.15. The summed E-state index contributed by atoms with van der Waals surface area (Å²) in [4.78, 5) is 23.5. The lowest BCUT2D eigenvalue weighted by molar-refractivity contribution is -0.00676. The maximum absolute atomic E-state index is 13.2. The van der Waals surface area contributed by atoms with Gasteiger partial charge in [-0.05, 0) is 44.4 Å². The zero-order valence-electron chi connectivity index (χ0n) is 15.5. The number of carbonyl (C=O) groups is 1. The molecule has 0 aromatic carbocycles. The van der Waals surface area contributed by atoms with Crippen molar-refractivity contribution in [3.63, 3.8) is 0 Å². The van der Waals surface area contributed by atoms with Gasteiger partial charge < -0.3 is 14.2 Å². The molecule has 4 rings (SSSR count). The lowest BCUT2D eigenvalue weighted by atomic mass is 10.0. The van der Waals surface area contributed by atoms with Crippen LogP contribution in [-0.2, 0) is 11.3 Å². The first kappa shape index (κ1) is 17.6. The van der Waals surface area contributed by atoms with Crippen molar-refractivity contribution in [3.05, 3.63) is 53.1 Å². The fourth-order valence-corrected chi connectivity index (χ4v) is 3.51. The zero-order valence-corrected chi connectivity index (χ0v) is 15.5. The summed E-state index contributed by atoms with van der Waals surface area (Å²) in [6.45, 7) is 5.48. The Hall–Kier alpha value is -2.80. The molecule has 0 aliphatic carbocycles. The van der Waals surface area contributed by atoms with E-state index in [9.17, 15) is 4.79 Å². The average Bonchev–Trinajstić information content (AvgIpc) is 3.07. The molecular formula is C20H22N4O3. The molecule has 1 fully saturated rings. The second-order valence-corrected chi connectivity index (χ2v) is 6.95. The number of amides is 1. The van der Waals surface area contributed by atoms with Crippen LogP contribution in [0.4, 0.5) is 0 Å². The fraction of sp³-hybridized carbons (Fsp3) is 0.400. The lowest BCUT2D eigenvalue weighted by Crippen LogP contribution is -2.43. The molecule has 0 spiro atoms. The largest absolute Gasteiger partial charge is 0.372 e. The Bertz CT molecular complexity index is 955. The number of aromatic nitrogens is 3. The summed E-state index contributed by atoms with van der Waals surface area (Å²) in [5.74, 6) is -0.0218. The Kier molecular flexibility index (Phi) is 4.85. The topological polar surface area (TPSA) is 81.4 Å². The molecule has 0 saturated carbocycles. The second-order valence-electron chi connectivity index (χ2n) is 6.95. The van der Waals surface area contributed by atoms with Gasteiger partial charge in [-0.2, -0.15) is 0 Å². The number of hydrogen-bond donors (Lipinski definition) is 0. The smallest absolute Gasteiger partial charge is 0.258 e. The molecule has 3 aromatic rings.